The van der Waals surface area contributed by atoms with Crippen molar-refractivity contribution >= 4 is 27.8 Å². The van der Waals surface area contributed by atoms with E-state index in [4.69, 9.17) is 9.84 Å². The van der Waals surface area contributed by atoms with Crippen LogP contribution >= 0.6 is 15.9 Å². The molecule has 0 unspecified atom stereocenters. The van der Waals surface area contributed by atoms with E-state index in [1.807, 2.05) is 13.0 Å². The number of methoxy groups -OCH3 is 1. The van der Waals surface area contributed by atoms with Crippen LogP contribution in [0.2, 0.25) is 0 Å². The van der Waals surface area contributed by atoms with Gasteiger partial charge in [0.2, 0.25) is 0 Å². The molecule has 0 radical (unpaired) electrons. The molecule has 0 aromatic heterocycles. The summed E-state index contributed by atoms with van der Waals surface area (Å²) in [6, 6.07) is 5.38. The molecule has 0 aliphatic carbocycles. The van der Waals surface area contributed by atoms with Crippen molar-refractivity contribution in [2.24, 2.45) is 0 Å². The normalized spacial score (nSPS) is 10.3. The summed E-state index contributed by atoms with van der Waals surface area (Å²) in [6.07, 6.45) is 0. The zero-order valence-electron chi connectivity index (χ0n) is 10.9. The minimum absolute atomic E-state index is 0.238. The van der Waals surface area contributed by atoms with Crippen LogP contribution in [0.3, 0.4) is 0 Å². The Morgan fingerprint density at radius 2 is 2.11 bits per heavy atom. The molecule has 1 aromatic carbocycles. The van der Waals surface area contributed by atoms with Gasteiger partial charge < -0.3 is 14.7 Å². The van der Waals surface area contributed by atoms with Gasteiger partial charge in [0.15, 0.2) is 0 Å². The minimum Gasteiger partial charge on any atom is -0.480 e. The molecule has 0 saturated carbocycles. The molecule has 6 heteroatoms. The number of carboxylic acids is 1. The van der Waals surface area contributed by atoms with Gasteiger partial charge in [-0.3, -0.25) is 9.59 Å². The van der Waals surface area contributed by atoms with Crippen LogP contribution in [0.5, 0.6) is 0 Å². The molecule has 19 heavy (non-hydrogen) atoms. The number of carbonyl (C=O) groups excluding carboxylic acids is 1. The lowest BCUT2D eigenvalue weighted by molar-refractivity contribution is -0.137. The average Bonchev–Trinajstić information content (AvgIpc) is 2.36. The largest absolute Gasteiger partial charge is 0.480 e. The molecule has 0 bridgehead atoms. The molecular weight excluding hydrogens is 314 g/mol. The summed E-state index contributed by atoms with van der Waals surface area (Å²) in [6.45, 7) is 2.06. The number of carboxylic acid groups (broad SMARTS) is 1. The van der Waals surface area contributed by atoms with Crippen LogP contribution in [0.15, 0.2) is 22.7 Å². The second-order valence-electron chi connectivity index (χ2n) is 4.10. The fourth-order valence-corrected chi connectivity index (χ4v) is 2.01. The van der Waals surface area contributed by atoms with Gasteiger partial charge in [-0.15, -0.1) is 0 Å². The lowest BCUT2D eigenvalue weighted by Gasteiger charge is -2.21. The van der Waals surface area contributed by atoms with E-state index in [2.05, 4.69) is 15.9 Å². The van der Waals surface area contributed by atoms with Gasteiger partial charge in [-0.25, -0.2) is 0 Å². The number of amides is 1. The highest BCUT2D eigenvalue weighted by molar-refractivity contribution is 9.10. The van der Waals surface area contributed by atoms with Crippen LogP contribution in [0.4, 0.5) is 0 Å². The number of aryl methyl sites for hydroxylation is 1. The summed E-state index contributed by atoms with van der Waals surface area (Å²) in [5, 5.41) is 8.86. The molecule has 0 heterocycles. The van der Waals surface area contributed by atoms with Crippen molar-refractivity contribution < 1.29 is 19.4 Å². The predicted molar refractivity (Wildman–Crippen MR) is 74.3 cm³/mol. The molecule has 0 aliphatic heterocycles. The molecule has 5 nitrogen and oxygen atoms in total. The van der Waals surface area contributed by atoms with E-state index in [1.165, 1.54) is 12.0 Å². The van der Waals surface area contributed by atoms with Gasteiger partial charge in [0, 0.05) is 18.1 Å². The molecule has 0 fully saturated rings. The fraction of sp³-hybridized carbons (Fsp3) is 0.385. The standard InChI is InChI=1S/C13H16BrNO4/c1-9-3-4-11(14)10(7-9)13(18)15(5-6-19-2)8-12(16)17/h3-4,7H,5-6,8H2,1-2H3,(H,16,17). The van der Waals surface area contributed by atoms with Crippen molar-refractivity contribution in [2.75, 3.05) is 26.8 Å². The van der Waals surface area contributed by atoms with Crippen molar-refractivity contribution in [3.8, 4) is 0 Å². The van der Waals surface area contributed by atoms with E-state index in [-0.39, 0.29) is 19.0 Å². The van der Waals surface area contributed by atoms with E-state index >= 15 is 0 Å². The minimum atomic E-state index is -1.05. The first-order valence-corrected chi connectivity index (χ1v) is 6.51. The zero-order chi connectivity index (χ0) is 14.4. The summed E-state index contributed by atoms with van der Waals surface area (Å²) >= 11 is 3.31. The van der Waals surface area contributed by atoms with Crippen LogP contribution in [0.1, 0.15) is 15.9 Å². The van der Waals surface area contributed by atoms with Gasteiger partial charge in [0.25, 0.3) is 5.91 Å². The van der Waals surface area contributed by atoms with Crippen LogP contribution < -0.4 is 0 Å². The summed E-state index contributed by atoms with van der Waals surface area (Å²) in [4.78, 5) is 24.4. The van der Waals surface area contributed by atoms with Gasteiger partial charge in [0.1, 0.15) is 6.54 Å². The van der Waals surface area contributed by atoms with Crippen molar-refractivity contribution in [3.05, 3.63) is 33.8 Å². The first-order chi connectivity index (χ1) is 8.95. The summed E-state index contributed by atoms with van der Waals surface area (Å²) in [7, 11) is 1.51. The third-order valence-electron chi connectivity index (χ3n) is 2.53. The monoisotopic (exact) mass is 329 g/mol. The van der Waals surface area contributed by atoms with Crippen LogP contribution in [0.25, 0.3) is 0 Å². The molecule has 0 saturated heterocycles. The number of hydrogen-bond acceptors (Lipinski definition) is 3. The molecule has 0 atom stereocenters. The number of nitrogens with zero attached hydrogens (tertiary/aromatic N) is 1. The quantitative estimate of drug-likeness (QED) is 0.866. The Labute approximate surface area is 120 Å². The first-order valence-electron chi connectivity index (χ1n) is 5.72. The van der Waals surface area contributed by atoms with Crippen molar-refractivity contribution in [1.82, 2.24) is 4.90 Å². The molecule has 0 spiro atoms. The summed E-state index contributed by atoms with van der Waals surface area (Å²) in [5.74, 6) is -1.37. The van der Waals surface area contributed by atoms with E-state index in [1.54, 1.807) is 12.1 Å². The molecule has 1 rings (SSSR count). The highest BCUT2D eigenvalue weighted by atomic mass is 79.9. The maximum absolute atomic E-state index is 12.3. The number of benzene rings is 1. The number of hydrogen-bond donors (Lipinski definition) is 1. The second kappa shape index (κ2) is 7.25. The Kier molecular flexibility index (Phi) is 5.98. The Hall–Kier alpha value is -1.40. The van der Waals surface area contributed by atoms with Crippen molar-refractivity contribution in [3.63, 3.8) is 0 Å². The third kappa shape index (κ3) is 4.65. The highest BCUT2D eigenvalue weighted by Gasteiger charge is 2.20. The highest BCUT2D eigenvalue weighted by Crippen LogP contribution is 2.20. The van der Waals surface area contributed by atoms with E-state index in [0.29, 0.717) is 16.6 Å². The van der Waals surface area contributed by atoms with Crippen molar-refractivity contribution in [2.45, 2.75) is 6.92 Å². The third-order valence-corrected chi connectivity index (χ3v) is 3.22. The summed E-state index contributed by atoms with van der Waals surface area (Å²) < 4.78 is 5.54. The van der Waals surface area contributed by atoms with Gasteiger partial charge in [-0.05, 0) is 35.0 Å². The van der Waals surface area contributed by atoms with Crippen LogP contribution in [0, 0.1) is 6.92 Å². The molecular formula is C13H16BrNO4. The molecule has 0 aliphatic rings. The fourth-order valence-electron chi connectivity index (χ4n) is 1.59. The smallest absolute Gasteiger partial charge is 0.323 e. The van der Waals surface area contributed by atoms with E-state index < -0.39 is 5.97 Å². The number of aliphatic carboxylic acids is 1. The van der Waals surface area contributed by atoms with Gasteiger partial charge >= 0.3 is 5.97 Å². The van der Waals surface area contributed by atoms with Gasteiger partial charge in [-0.1, -0.05) is 11.6 Å². The maximum atomic E-state index is 12.3. The maximum Gasteiger partial charge on any atom is 0.323 e. The van der Waals surface area contributed by atoms with Crippen LogP contribution in [-0.2, 0) is 9.53 Å². The molecule has 104 valence electrons. The Balaban J connectivity index is 2.97. The first kappa shape index (κ1) is 15.7. The number of halogens is 1. The van der Waals surface area contributed by atoms with Gasteiger partial charge in [-0.2, -0.15) is 0 Å². The lowest BCUT2D eigenvalue weighted by atomic mass is 10.1. The Morgan fingerprint density at radius 1 is 1.42 bits per heavy atom. The molecule has 1 aromatic rings. The average molecular weight is 330 g/mol. The number of rotatable bonds is 6. The van der Waals surface area contributed by atoms with Crippen LogP contribution in [-0.4, -0.2) is 48.7 Å². The molecule has 1 N–H and O–H groups in total. The van der Waals surface area contributed by atoms with E-state index in [9.17, 15) is 9.59 Å². The molecule has 1 amide bonds. The Morgan fingerprint density at radius 3 is 2.68 bits per heavy atom. The van der Waals surface area contributed by atoms with Gasteiger partial charge in [0.05, 0.1) is 12.2 Å². The summed E-state index contributed by atoms with van der Waals surface area (Å²) in [5.41, 5.74) is 1.39. The number of carbonyl (C=O) groups is 2. The van der Waals surface area contributed by atoms with E-state index in [0.717, 1.165) is 5.56 Å². The Bertz CT molecular complexity index is 476. The number of ether oxygens (including phenoxy) is 1. The predicted octanol–water partition coefficient (Wildman–Crippen LogP) is 1.93. The SMILES string of the molecule is COCCN(CC(=O)O)C(=O)c1cc(C)ccc1Br. The topological polar surface area (TPSA) is 66.8 Å². The lowest BCUT2D eigenvalue weighted by Crippen LogP contribution is -2.38. The zero-order valence-corrected chi connectivity index (χ0v) is 12.4. The van der Waals surface area contributed by atoms with Crippen molar-refractivity contribution in [1.29, 1.82) is 0 Å². The second-order valence-corrected chi connectivity index (χ2v) is 4.95.